The number of amides is 1. The van der Waals surface area contributed by atoms with Gasteiger partial charge in [-0.25, -0.2) is 0 Å². The van der Waals surface area contributed by atoms with Gasteiger partial charge in [0.05, 0.1) is 5.56 Å². The number of halogens is 4. The Morgan fingerprint density at radius 3 is 2.41 bits per heavy atom. The Morgan fingerprint density at radius 1 is 1.11 bits per heavy atom. The van der Waals surface area contributed by atoms with Crippen molar-refractivity contribution in [3.05, 3.63) is 70.2 Å². The molecule has 0 atom stereocenters. The number of hydrogen-bond acceptors (Lipinski definition) is 3. The molecule has 8 heteroatoms. The quantitative estimate of drug-likeness (QED) is 0.667. The summed E-state index contributed by atoms with van der Waals surface area (Å²) in [5, 5.41) is 1.24. The van der Waals surface area contributed by atoms with E-state index >= 15 is 0 Å². The molecule has 0 spiro atoms. The third kappa shape index (κ3) is 5.05. The first-order chi connectivity index (χ1) is 12.8. The van der Waals surface area contributed by atoms with E-state index in [1.807, 2.05) is 12.1 Å². The lowest BCUT2D eigenvalue weighted by Gasteiger charge is -2.27. The van der Waals surface area contributed by atoms with Gasteiger partial charge in [-0.2, -0.15) is 13.2 Å². The lowest BCUT2D eigenvalue weighted by Crippen LogP contribution is -2.39. The SMILES string of the molecule is O=C(c1ccc(C(F)(F)F)cc1)N1CCCN=C1SCc1ccc(Cl)cc1. The molecule has 0 radical (unpaired) electrons. The molecule has 0 N–H and O–H groups in total. The normalized spacial score (nSPS) is 14.8. The number of carbonyl (C=O) groups is 1. The second-order valence-corrected chi connectivity index (χ2v) is 7.34. The van der Waals surface area contributed by atoms with E-state index in [-0.39, 0.29) is 11.5 Å². The van der Waals surface area contributed by atoms with E-state index in [2.05, 4.69) is 4.99 Å². The minimum absolute atomic E-state index is 0.213. The standard InChI is InChI=1S/C19H16ClF3N2OS/c20-16-8-2-13(3-9-16)12-27-18-24-10-1-11-25(18)17(26)14-4-6-15(7-5-14)19(21,22)23/h2-9H,1,10-12H2. The molecule has 0 saturated carbocycles. The fraction of sp³-hybridized carbons (Fsp3) is 0.263. The molecule has 0 bridgehead atoms. The molecule has 142 valence electrons. The zero-order valence-corrected chi connectivity index (χ0v) is 15.7. The first-order valence-corrected chi connectivity index (χ1v) is 9.62. The summed E-state index contributed by atoms with van der Waals surface area (Å²) in [6, 6.07) is 11.7. The Kier molecular flexibility index (Phi) is 6.11. The number of benzene rings is 2. The fourth-order valence-corrected chi connectivity index (χ4v) is 3.71. The second kappa shape index (κ2) is 8.35. The zero-order valence-electron chi connectivity index (χ0n) is 14.2. The Balaban J connectivity index is 1.71. The van der Waals surface area contributed by atoms with Gasteiger partial charge in [0.15, 0.2) is 5.17 Å². The molecule has 1 aliphatic rings. The molecule has 2 aromatic carbocycles. The van der Waals surface area contributed by atoms with E-state index in [1.165, 1.54) is 28.8 Å². The molecule has 3 nitrogen and oxygen atoms in total. The second-order valence-electron chi connectivity index (χ2n) is 5.96. The summed E-state index contributed by atoms with van der Waals surface area (Å²) in [5.74, 6) is 0.276. The number of nitrogens with zero attached hydrogens (tertiary/aromatic N) is 2. The molecule has 0 fully saturated rings. The Morgan fingerprint density at radius 2 is 1.78 bits per heavy atom. The van der Waals surface area contributed by atoms with Crippen molar-refractivity contribution in [2.45, 2.75) is 18.3 Å². The van der Waals surface area contributed by atoms with Crippen LogP contribution in [0.15, 0.2) is 53.5 Å². The smallest absolute Gasteiger partial charge is 0.287 e. The topological polar surface area (TPSA) is 32.7 Å². The van der Waals surface area contributed by atoms with Gasteiger partial charge in [-0.1, -0.05) is 35.5 Å². The number of amidine groups is 1. The van der Waals surface area contributed by atoms with E-state index < -0.39 is 11.7 Å². The van der Waals surface area contributed by atoms with Gasteiger partial charge in [0.25, 0.3) is 5.91 Å². The van der Waals surface area contributed by atoms with Crippen LogP contribution >= 0.6 is 23.4 Å². The molecule has 1 aliphatic heterocycles. The average molecular weight is 413 g/mol. The van der Waals surface area contributed by atoms with Gasteiger partial charge < -0.3 is 0 Å². The number of rotatable bonds is 3. The van der Waals surface area contributed by atoms with Gasteiger partial charge in [0.2, 0.25) is 0 Å². The van der Waals surface area contributed by atoms with Crippen LogP contribution in [0, 0.1) is 0 Å². The Hall–Kier alpha value is -1.99. The molecule has 1 heterocycles. The number of alkyl halides is 3. The molecule has 0 saturated heterocycles. The summed E-state index contributed by atoms with van der Waals surface area (Å²) in [6.45, 7) is 1.12. The third-order valence-electron chi connectivity index (χ3n) is 4.00. The van der Waals surface area contributed by atoms with Crippen LogP contribution in [-0.2, 0) is 11.9 Å². The van der Waals surface area contributed by atoms with E-state index in [4.69, 9.17) is 11.6 Å². The first-order valence-electron chi connectivity index (χ1n) is 8.25. The predicted octanol–water partition coefficient (Wildman–Crippen LogP) is 5.49. The lowest BCUT2D eigenvalue weighted by atomic mass is 10.1. The van der Waals surface area contributed by atoms with Crippen LogP contribution in [-0.4, -0.2) is 29.1 Å². The summed E-state index contributed by atoms with van der Waals surface area (Å²) in [7, 11) is 0. The average Bonchev–Trinajstić information content (AvgIpc) is 2.67. The van der Waals surface area contributed by atoms with Crippen LogP contribution in [0.5, 0.6) is 0 Å². The van der Waals surface area contributed by atoms with Crippen molar-refractivity contribution in [1.82, 2.24) is 4.90 Å². The summed E-state index contributed by atoms with van der Waals surface area (Å²) in [4.78, 5) is 18.7. The van der Waals surface area contributed by atoms with Crippen LogP contribution in [0.4, 0.5) is 13.2 Å². The monoisotopic (exact) mass is 412 g/mol. The highest BCUT2D eigenvalue weighted by Gasteiger charge is 2.31. The van der Waals surface area contributed by atoms with E-state index in [1.54, 1.807) is 12.1 Å². The summed E-state index contributed by atoms with van der Waals surface area (Å²) in [5.41, 5.74) is 0.480. The van der Waals surface area contributed by atoms with Crippen molar-refractivity contribution < 1.29 is 18.0 Å². The van der Waals surface area contributed by atoms with Gasteiger partial charge in [-0.05, 0) is 48.4 Å². The molecular weight excluding hydrogens is 397 g/mol. The molecule has 0 aromatic heterocycles. The van der Waals surface area contributed by atoms with Crippen LogP contribution in [0.3, 0.4) is 0 Å². The minimum Gasteiger partial charge on any atom is -0.287 e. The van der Waals surface area contributed by atoms with Gasteiger partial charge in [-0.3, -0.25) is 14.7 Å². The van der Waals surface area contributed by atoms with Crippen LogP contribution in [0.2, 0.25) is 5.02 Å². The van der Waals surface area contributed by atoms with E-state index in [9.17, 15) is 18.0 Å². The predicted molar refractivity (Wildman–Crippen MR) is 102 cm³/mol. The molecule has 0 unspecified atom stereocenters. The van der Waals surface area contributed by atoms with Crippen molar-refractivity contribution in [1.29, 1.82) is 0 Å². The highest BCUT2D eigenvalue weighted by Crippen LogP contribution is 2.29. The largest absolute Gasteiger partial charge is 0.416 e. The maximum atomic E-state index is 12.8. The third-order valence-corrected chi connectivity index (χ3v) is 5.34. The van der Waals surface area contributed by atoms with Gasteiger partial charge in [-0.15, -0.1) is 0 Å². The Labute approximate surface area is 164 Å². The van der Waals surface area contributed by atoms with E-state index in [0.717, 1.165) is 24.1 Å². The Bertz CT molecular complexity index is 836. The van der Waals surface area contributed by atoms with Crippen molar-refractivity contribution in [3.8, 4) is 0 Å². The number of aliphatic imine (C=N–C) groups is 1. The molecule has 0 aliphatic carbocycles. The highest BCUT2D eigenvalue weighted by atomic mass is 35.5. The minimum atomic E-state index is -4.42. The summed E-state index contributed by atoms with van der Waals surface area (Å²) < 4.78 is 38.1. The first kappa shape index (κ1) is 19.8. The van der Waals surface area contributed by atoms with Crippen molar-refractivity contribution >= 4 is 34.4 Å². The van der Waals surface area contributed by atoms with Gasteiger partial charge in [0.1, 0.15) is 0 Å². The summed E-state index contributed by atoms with van der Waals surface area (Å²) in [6.07, 6.45) is -3.70. The van der Waals surface area contributed by atoms with Crippen molar-refractivity contribution in [2.75, 3.05) is 13.1 Å². The molecule has 1 amide bonds. The zero-order chi connectivity index (χ0) is 19.4. The molecular formula is C19H16ClF3N2OS. The lowest BCUT2D eigenvalue weighted by molar-refractivity contribution is -0.137. The number of hydrogen-bond donors (Lipinski definition) is 0. The maximum Gasteiger partial charge on any atom is 0.416 e. The van der Waals surface area contributed by atoms with Gasteiger partial charge in [0, 0.05) is 29.4 Å². The van der Waals surface area contributed by atoms with E-state index in [0.29, 0.717) is 29.0 Å². The van der Waals surface area contributed by atoms with Gasteiger partial charge >= 0.3 is 6.18 Å². The van der Waals surface area contributed by atoms with Crippen LogP contribution < -0.4 is 0 Å². The molecule has 3 rings (SSSR count). The van der Waals surface area contributed by atoms with Crippen molar-refractivity contribution in [2.24, 2.45) is 4.99 Å². The number of thioether (sulfide) groups is 1. The number of carbonyl (C=O) groups excluding carboxylic acids is 1. The van der Waals surface area contributed by atoms with Crippen LogP contribution in [0.25, 0.3) is 0 Å². The maximum absolute atomic E-state index is 12.8. The summed E-state index contributed by atoms with van der Waals surface area (Å²) >= 11 is 7.31. The molecule has 27 heavy (non-hydrogen) atoms. The highest BCUT2D eigenvalue weighted by molar-refractivity contribution is 8.13. The molecule has 2 aromatic rings. The van der Waals surface area contributed by atoms with Crippen molar-refractivity contribution in [3.63, 3.8) is 0 Å². The van der Waals surface area contributed by atoms with Crippen LogP contribution in [0.1, 0.15) is 27.9 Å². The fourth-order valence-electron chi connectivity index (χ4n) is 2.58.